The summed E-state index contributed by atoms with van der Waals surface area (Å²) in [4.78, 5) is 26.0. The Bertz CT molecular complexity index is 317. The second-order valence-corrected chi connectivity index (χ2v) is 4.91. The Morgan fingerprint density at radius 3 is 2.14 bits per heavy atom. The second-order valence-electron chi connectivity index (χ2n) is 2.19. The van der Waals surface area contributed by atoms with Crippen molar-refractivity contribution in [3.63, 3.8) is 0 Å². The van der Waals surface area contributed by atoms with Gasteiger partial charge in [0, 0.05) is 26.2 Å². The molecule has 3 N–H and O–H groups in total. The second kappa shape index (κ2) is 6.24. The summed E-state index contributed by atoms with van der Waals surface area (Å²) in [5.74, 6) is 0. The van der Waals surface area contributed by atoms with E-state index in [-0.39, 0.29) is 31.5 Å². The Balaban J connectivity index is 0.00000169. The van der Waals surface area contributed by atoms with Crippen LogP contribution in [0.5, 0.6) is 0 Å². The third kappa shape index (κ3) is 4.42. The van der Waals surface area contributed by atoms with Crippen LogP contribution in [0.4, 0.5) is 0 Å². The van der Waals surface area contributed by atoms with Gasteiger partial charge in [0.05, 0.1) is 5.30 Å². The summed E-state index contributed by atoms with van der Waals surface area (Å²) < 4.78 is 15.4. The van der Waals surface area contributed by atoms with E-state index in [0.29, 0.717) is 0 Å². The average Bonchev–Trinajstić information content (AvgIpc) is 2.04. The zero-order chi connectivity index (χ0) is 9.90. The monoisotopic (exact) mass is 312 g/mol. The van der Waals surface area contributed by atoms with E-state index in [1.54, 1.807) is 18.2 Å². The summed E-state index contributed by atoms with van der Waals surface area (Å²) in [6.07, 6.45) is 0. The van der Waals surface area contributed by atoms with Crippen molar-refractivity contribution in [1.82, 2.24) is 0 Å². The molecule has 0 heterocycles. The Morgan fingerprint density at radius 2 is 1.71 bits per heavy atom. The molecule has 0 saturated heterocycles. The van der Waals surface area contributed by atoms with E-state index in [1.165, 1.54) is 12.1 Å². The van der Waals surface area contributed by atoms with Gasteiger partial charge in [-0.05, 0) is 12.1 Å². The third-order valence-corrected chi connectivity index (χ3v) is 3.69. The topological polar surface area (TPSA) is 87.0 Å². The van der Waals surface area contributed by atoms with Crippen LogP contribution < -0.4 is 5.30 Å². The summed E-state index contributed by atoms with van der Waals surface area (Å²) in [7, 11) is -6.90. The molecule has 8 heteroatoms. The molecule has 1 rings (SSSR count). The van der Waals surface area contributed by atoms with E-state index in [1.807, 2.05) is 0 Å². The maximum atomic E-state index is 11.3. The molecule has 0 amide bonds. The fourth-order valence-electron chi connectivity index (χ4n) is 0.763. The molecule has 1 aromatic carbocycles. The van der Waals surface area contributed by atoms with Crippen LogP contribution in [0.2, 0.25) is 0 Å². The van der Waals surface area contributed by atoms with Gasteiger partial charge < -0.3 is 14.7 Å². The van der Waals surface area contributed by atoms with Crippen molar-refractivity contribution in [2.45, 2.75) is 0 Å². The fourth-order valence-corrected chi connectivity index (χ4v) is 2.48. The molecule has 0 saturated carbocycles. The first-order chi connectivity index (χ1) is 6.02. The molecule has 1 unspecified atom stereocenters. The van der Waals surface area contributed by atoms with Crippen LogP contribution in [0.15, 0.2) is 30.3 Å². The van der Waals surface area contributed by atoms with Crippen molar-refractivity contribution in [3.05, 3.63) is 30.3 Å². The van der Waals surface area contributed by atoms with E-state index in [4.69, 9.17) is 9.79 Å². The zero-order valence-corrected chi connectivity index (χ0v) is 11.2. The van der Waals surface area contributed by atoms with E-state index < -0.39 is 16.2 Å². The van der Waals surface area contributed by atoms with Crippen molar-refractivity contribution in [2.24, 2.45) is 0 Å². The first-order valence-corrected chi connectivity index (χ1v) is 6.02. The van der Waals surface area contributed by atoms with Crippen LogP contribution in [-0.2, 0) is 35.1 Å². The molecule has 0 aliphatic carbocycles. The van der Waals surface area contributed by atoms with Gasteiger partial charge in [0.1, 0.15) is 0 Å². The molecule has 0 aliphatic rings. The van der Waals surface area contributed by atoms with Gasteiger partial charge in [-0.25, -0.2) is 4.31 Å². The molecule has 0 aromatic heterocycles. The predicted molar refractivity (Wildman–Crippen MR) is 48.3 cm³/mol. The van der Waals surface area contributed by atoms with E-state index >= 15 is 0 Å². The summed E-state index contributed by atoms with van der Waals surface area (Å²) >= 11 is 0. The van der Waals surface area contributed by atoms with Crippen molar-refractivity contribution >= 4 is 21.5 Å². The minimum Gasteiger partial charge on any atom is -0.328 e. The third-order valence-electron chi connectivity index (χ3n) is 1.27. The molecule has 0 fully saturated rings. The maximum absolute atomic E-state index is 11.3. The summed E-state index contributed by atoms with van der Waals surface area (Å²) in [5, 5.41) is 0.0330. The zero-order valence-electron chi connectivity index (χ0n) is 6.94. The van der Waals surface area contributed by atoms with Gasteiger partial charge in [-0.2, -0.15) is 0 Å². The molecule has 0 bridgehead atoms. The van der Waals surface area contributed by atoms with E-state index in [2.05, 4.69) is 4.31 Å². The molecular weight excluding hydrogens is 305 g/mol. The Labute approximate surface area is 101 Å². The summed E-state index contributed by atoms with van der Waals surface area (Å²) in [5.41, 5.74) is 0. The van der Waals surface area contributed by atoms with Gasteiger partial charge in [-0.1, -0.05) is 18.2 Å². The van der Waals surface area contributed by atoms with E-state index in [0.717, 1.165) is 0 Å². The van der Waals surface area contributed by atoms with Crippen LogP contribution in [0.1, 0.15) is 0 Å². The first kappa shape index (κ1) is 14.6. The van der Waals surface area contributed by atoms with Crippen LogP contribution >= 0.6 is 16.2 Å². The minimum atomic E-state index is -4.07. The summed E-state index contributed by atoms with van der Waals surface area (Å²) in [6.45, 7) is 0. The van der Waals surface area contributed by atoms with Gasteiger partial charge in [-0.15, -0.1) is 0 Å². The number of hydrogen-bond donors (Lipinski definition) is 3. The molecule has 76 valence electrons. The Morgan fingerprint density at radius 1 is 1.21 bits per heavy atom. The largest absolute Gasteiger partial charge is 0.365 e. The van der Waals surface area contributed by atoms with Crippen LogP contribution in [0, 0.1) is 0 Å². The molecule has 1 atom stereocenters. The first-order valence-electron chi connectivity index (χ1n) is 3.28. The molecule has 1 aromatic rings. The molecular formula is C6H8O5P2Zr. The molecule has 14 heavy (non-hydrogen) atoms. The molecule has 0 radical (unpaired) electrons. The number of benzene rings is 1. The molecule has 0 spiro atoms. The van der Waals surface area contributed by atoms with Gasteiger partial charge in [0.15, 0.2) is 0 Å². The van der Waals surface area contributed by atoms with Crippen molar-refractivity contribution in [1.29, 1.82) is 0 Å². The minimum absolute atomic E-state index is 0. The van der Waals surface area contributed by atoms with Crippen molar-refractivity contribution in [2.75, 3.05) is 0 Å². The predicted octanol–water partition coefficient (Wildman–Crippen LogP) is 0.723. The number of hydrogen-bond acceptors (Lipinski definition) is 4. The Hall–Kier alpha value is 0.603. The van der Waals surface area contributed by atoms with Gasteiger partial charge in [0.2, 0.25) is 0 Å². The fraction of sp³-hybridized carbons (Fsp3) is 0. The van der Waals surface area contributed by atoms with Crippen molar-refractivity contribution < 1.29 is 49.8 Å². The number of rotatable bonds is 3. The standard InChI is InChI=1S/C6H8O5P2.Zr/c7-12(8)11-13(9,10)6-4-2-1-3-5-6;/h1-5,7-8H,(H,9,10);. The van der Waals surface area contributed by atoms with Crippen molar-refractivity contribution in [3.8, 4) is 0 Å². The normalized spacial score (nSPS) is 14.6. The van der Waals surface area contributed by atoms with Crippen LogP contribution in [0.25, 0.3) is 0 Å². The van der Waals surface area contributed by atoms with Gasteiger partial charge >= 0.3 is 16.2 Å². The smallest absolute Gasteiger partial charge is 0.328 e. The maximum Gasteiger partial charge on any atom is 0.365 e. The van der Waals surface area contributed by atoms with E-state index in [9.17, 15) is 9.46 Å². The van der Waals surface area contributed by atoms with Crippen LogP contribution in [-0.4, -0.2) is 14.7 Å². The van der Waals surface area contributed by atoms with Crippen LogP contribution in [0.3, 0.4) is 0 Å². The molecule has 5 nitrogen and oxygen atoms in total. The quantitative estimate of drug-likeness (QED) is 0.716. The Kier molecular flexibility index (Phi) is 6.51. The van der Waals surface area contributed by atoms with Gasteiger partial charge in [0.25, 0.3) is 0 Å². The molecule has 0 aliphatic heterocycles. The summed E-state index contributed by atoms with van der Waals surface area (Å²) in [6, 6.07) is 7.53. The van der Waals surface area contributed by atoms with Gasteiger partial charge in [-0.3, -0.25) is 4.57 Å². The SMILES string of the molecule is O=P(O)(OP(O)O)c1ccccc1.[Zr]. The average molecular weight is 313 g/mol.